The van der Waals surface area contributed by atoms with Crippen molar-refractivity contribution in [3.63, 3.8) is 0 Å². The molecule has 2 aromatic rings. The van der Waals surface area contributed by atoms with E-state index in [2.05, 4.69) is 5.32 Å². The van der Waals surface area contributed by atoms with E-state index in [9.17, 15) is 9.59 Å². The Morgan fingerprint density at radius 2 is 1.80 bits per heavy atom. The van der Waals surface area contributed by atoms with Crippen molar-refractivity contribution in [2.24, 2.45) is 5.92 Å². The fourth-order valence-corrected chi connectivity index (χ4v) is 4.94. The normalized spacial score (nSPS) is 14.3. The van der Waals surface area contributed by atoms with E-state index in [4.69, 9.17) is 9.47 Å². The molecule has 0 unspecified atom stereocenters. The Bertz CT molecular complexity index is 837. The zero-order chi connectivity index (χ0) is 21.3. The molecule has 0 aliphatic heterocycles. The lowest BCUT2D eigenvalue weighted by molar-refractivity contribution is -0.116. The van der Waals surface area contributed by atoms with Gasteiger partial charge in [0.1, 0.15) is 16.3 Å². The molecular weight excluding hydrogens is 398 g/mol. The van der Waals surface area contributed by atoms with Crippen LogP contribution >= 0.6 is 11.3 Å². The highest BCUT2D eigenvalue weighted by Gasteiger charge is 2.23. The van der Waals surface area contributed by atoms with Crippen molar-refractivity contribution in [3.8, 4) is 16.9 Å². The van der Waals surface area contributed by atoms with Crippen LogP contribution in [0.4, 0.5) is 5.00 Å². The Labute approximate surface area is 182 Å². The van der Waals surface area contributed by atoms with Crippen molar-refractivity contribution < 1.29 is 19.1 Å². The number of rotatable bonds is 9. The van der Waals surface area contributed by atoms with Crippen LogP contribution in [-0.2, 0) is 9.53 Å². The summed E-state index contributed by atoms with van der Waals surface area (Å²) in [7, 11) is 0. The quantitative estimate of drug-likeness (QED) is 0.476. The van der Waals surface area contributed by atoms with Crippen LogP contribution in [0.5, 0.6) is 5.75 Å². The Balaban J connectivity index is 1.75. The van der Waals surface area contributed by atoms with Crippen LogP contribution in [0.3, 0.4) is 0 Å². The minimum Gasteiger partial charge on any atom is -0.494 e. The molecule has 0 atom stereocenters. The predicted octanol–water partition coefficient (Wildman–Crippen LogP) is 6.29. The van der Waals surface area contributed by atoms with Crippen molar-refractivity contribution in [1.82, 2.24) is 0 Å². The lowest BCUT2D eigenvalue weighted by Gasteiger charge is -2.20. The molecule has 1 aliphatic carbocycles. The Morgan fingerprint density at radius 1 is 1.07 bits per heavy atom. The van der Waals surface area contributed by atoms with Gasteiger partial charge in [-0.15, -0.1) is 11.3 Å². The lowest BCUT2D eigenvalue weighted by atomic mass is 9.86. The smallest absolute Gasteiger partial charge is 0.341 e. The van der Waals surface area contributed by atoms with E-state index in [0.29, 0.717) is 29.5 Å². The van der Waals surface area contributed by atoms with E-state index in [1.165, 1.54) is 43.4 Å². The minimum atomic E-state index is -0.412. The highest BCUT2D eigenvalue weighted by Crippen LogP contribution is 2.37. The third kappa shape index (κ3) is 5.85. The van der Waals surface area contributed by atoms with Crippen LogP contribution < -0.4 is 10.1 Å². The molecule has 5 nitrogen and oxygen atoms in total. The summed E-state index contributed by atoms with van der Waals surface area (Å²) in [5, 5.41) is 5.43. The fraction of sp³-hybridized carbons (Fsp3) is 0.500. The number of nitrogens with one attached hydrogen (secondary N) is 1. The monoisotopic (exact) mass is 429 g/mol. The molecular formula is C24H31NO4S. The Morgan fingerprint density at radius 3 is 2.47 bits per heavy atom. The summed E-state index contributed by atoms with van der Waals surface area (Å²) in [6.45, 7) is 4.60. The number of hydrogen-bond donors (Lipinski definition) is 1. The predicted molar refractivity (Wildman–Crippen MR) is 121 cm³/mol. The second-order valence-electron chi connectivity index (χ2n) is 7.62. The molecule has 0 spiro atoms. The minimum absolute atomic E-state index is 0.0359. The standard InChI is InChI=1S/C24H31NO4S/c1-3-28-19-13-11-18(12-14-19)20-16-30-23(22(20)24(27)29-4-2)25-21(26)15-10-17-8-6-5-7-9-17/h11-14,16-17H,3-10,15H2,1-2H3,(H,25,26). The largest absolute Gasteiger partial charge is 0.494 e. The van der Waals surface area contributed by atoms with Gasteiger partial charge in [0.25, 0.3) is 0 Å². The van der Waals surface area contributed by atoms with Crippen LogP contribution in [0.2, 0.25) is 0 Å². The van der Waals surface area contributed by atoms with Gasteiger partial charge >= 0.3 is 5.97 Å². The average Bonchev–Trinajstić information content (AvgIpc) is 3.17. The molecule has 3 rings (SSSR count). The maximum Gasteiger partial charge on any atom is 0.341 e. The third-order valence-electron chi connectivity index (χ3n) is 5.50. The van der Waals surface area contributed by atoms with Gasteiger partial charge in [0, 0.05) is 17.4 Å². The highest BCUT2D eigenvalue weighted by atomic mass is 32.1. The molecule has 1 aromatic heterocycles. The molecule has 1 aromatic carbocycles. The average molecular weight is 430 g/mol. The molecule has 0 saturated heterocycles. The Hall–Kier alpha value is -2.34. The van der Waals surface area contributed by atoms with E-state index in [1.807, 2.05) is 36.6 Å². The molecule has 0 radical (unpaired) electrons. The number of ether oxygens (including phenoxy) is 2. The summed E-state index contributed by atoms with van der Waals surface area (Å²) in [5.41, 5.74) is 2.08. The number of anilines is 1. The summed E-state index contributed by atoms with van der Waals surface area (Å²) >= 11 is 1.37. The number of esters is 1. The first-order valence-electron chi connectivity index (χ1n) is 10.9. The fourth-order valence-electron chi connectivity index (χ4n) is 3.97. The third-order valence-corrected chi connectivity index (χ3v) is 6.40. The van der Waals surface area contributed by atoms with E-state index >= 15 is 0 Å². The van der Waals surface area contributed by atoms with Gasteiger partial charge in [-0.05, 0) is 43.9 Å². The second-order valence-corrected chi connectivity index (χ2v) is 8.50. The van der Waals surface area contributed by atoms with Gasteiger partial charge in [-0.2, -0.15) is 0 Å². The number of hydrogen-bond acceptors (Lipinski definition) is 5. The van der Waals surface area contributed by atoms with Crippen molar-refractivity contribution in [2.75, 3.05) is 18.5 Å². The van der Waals surface area contributed by atoms with Crippen molar-refractivity contribution in [3.05, 3.63) is 35.2 Å². The number of thiophene rings is 1. The first-order chi connectivity index (χ1) is 14.6. The summed E-state index contributed by atoms with van der Waals surface area (Å²) < 4.78 is 10.8. The summed E-state index contributed by atoms with van der Waals surface area (Å²) in [6.07, 6.45) is 7.71. The first kappa shape index (κ1) is 22.3. The van der Waals surface area contributed by atoms with E-state index < -0.39 is 5.97 Å². The van der Waals surface area contributed by atoms with Crippen LogP contribution in [0.15, 0.2) is 29.6 Å². The zero-order valence-electron chi connectivity index (χ0n) is 17.9. The SMILES string of the molecule is CCOC(=O)c1c(-c2ccc(OCC)cc2)csc1NC(=O)CCC1CCCCC1. The summed E-state index contributed by atoms with van der Waals surface area (Å²) in [5.74, 6) is 0.985. The zero-order valence-corrected chi connectivity index (χ0v) is 18.7. The van der Waals surface area contributed by atoms with Crippen LogP contribution in [0.1, 0.15) is 69.2 Å². The van der Waals surface area contributed by atoms with Gasteiger partial charge < -0.3 is 14.8 Å². The second kappa shape index (κ2) is 11.2. The van der Waals surface area contributed by atoms with Gasteiger partial charge in [0.15, 0.2) is 0 Å². The number of benzene rings is 1. The van der Waals surface area contributed by atoms with Crippen LogP contribution in [0.25, 0.3) is 11.1 Å². The maximum absolute atomic E-state index is 12.7. The summed E-state index contributed by atoms with van der Waals surface area (Å²) in [4.78, 5) is 25.3. The molecule has 0 bridgehead atoms. The van der Waals surface area contributed by atoms with Crippen LogP contribution in [-0.4, -0.2) is 25.1 Å². The van der Waals surface area contributed by atoms with Crippen molar-refractivity contribution in [2.45, 2.75) is 58.8 Å². The van der Waals surface area contributed by atoms with Gasteiger partial charge in [0.2, 0.25) is 5.91 Å². The number of carbonyl (C=O) groups is 2. The van der Waals surface area contributed by atoms with Crippen LogP contribution in [0, 0.1) is 5.92 Å². The van der Waals surface area contributed by atoms with E-state index in [1.54, 1.807) is 6.92 Å². The van der Waals surface area contributed by atoms with Gasteiger partial charge in [-0.25, -0.2) is 4.79 Å². The molecule has 1 amide bonds. The van der Waals surface area contributed by atoms with E-state index in [0.717, 1.165) is 23.3 Å². The molecule has 6 heteroatoms. The number of carbonyl (C=O) groups excluding carboxylic acids is 2. The Kier molecular flexibility index (Phi) is 8.31. The van der Waals surface area contributed by atoms with Gasteiger partial charge in [-0.1, -0.05) is 44.2 Å². The maximum atomic E-state index is 12.7. The number of amides is 1. The molecule has 30 heavy (non-hydrogen) atoms. The molecule has 1 saturated carbocycles. The van der Waals surface area contributed by atoms with E-state index in [-0.39, 0.29) is 12.5 Å². The lowest BCUT2D eigenvalue weighted by Crippen LogP contribution is -2.16. The van der Waals surface area contributed by atoms with Crippen molar-refractivity contribution >= 4 is 28.2 Å². The highest BCUT2D eigenvalue weighted by molar-refractivity contribution is 7.15. The van der Waals surface area contributed by atoms with Gasteiger partial charge in [-0.3, -0.25) is 4.79 Å². The first-order valence-corrected chi connectivity index (χ1v) is 11.8. The molecule has 1 fully saturated rings. The van der Waals surface area contributed by atoms with Crippen molar-refractivity contribution in [1.29, 1.82) is 0 Å². The molecule has 162 valence electrons. The molecule has 1 heterocycles. The molecule has 1 N–H and O–H groups in total. The topological polar surface area (TPSA) is 64.6 Å². The van der Waals surface area contributed by atoms with Gasteiger partial charge in [0.05, 0.1) is 13.2 Å². The summed E-state index contributed by atoms with van der Waals surface area (Å²) in [6, 6.07) is 7.61. The molecule has 1 aliphatic rings.